The quantitative estimate of drug-likeness (QED) is 0.124. The fourth-order valence-electron chi connectivity index (χ4n) is 7.05. The Morgan fingerprint density at radius 1 is 0.745 bits per heavy atom. The lowest BCUT2D eigenvalue weighted by Gasteiger charge is -2.39. The Kier molecular flexibility index (Phi) is 10.8. The Balaban J connectivity index is 1.37. The highest BCUT2D eigenvalue weighted by molar-refractivity contribution is 5.47. The summed E-state index contributed by atoms with van der Waals surface area (Å²) in [6.07, 6.45) is -1.36. The molecule has 8 heteroatoms. The molecule has 0 radical (unpaired) electrons. The number of rotatable bonds is 15. The lowest BCUT2D eigenvalue weighted by Crippen LogP contribution is -2.50. The van der Waals surface area contributed by atoms with Gasteiger partial charge >= 0.3 is 0 Å². The Morgan fingerprint density at radius 2 is 1.26 bits per heavy atom. The van der Waals surface area contributed by atoms with E-state index < -0.39 is 29.8 Å². The predicted molar refractivity (Wildman–Crippen MR) is 178 cm³/mol. The molecule has 2 saturated heterocycles. The third-order valence-electron chi connectivity index (χ3n) is 8.95. The van der Waals surface area contributed by atoms with Gasteiger partial charge in [0.25, 0.3) is 0 Å². The van der Waals surface area contributed by atoms with Crippen molar-refractivity contribution in [3.8, 4) is 0 Å². The van der Waals surface area contributed by atoms with E-state index in [0.29, 0.717) is 13.0 Å². The maximum atomic E-state index is 10.1. The minimum absolute atomic E-state index is 0.0437. The van der Waals surface area contributed by atoms with E-state index in [1.165, 1.54) is 0 Å². The zero-order valence-corrected chi connectivity index (χ0v) is 27.3. The van der Waals surface area contributed by atoms with Crippen LogP contribution in [-0.2, 0) is 40.6 Å². The first kappa shape index (κ1) is 33.5. The third-order valence-corrected chi connectivity index (χ3v) is 8.95. The molecule has 0 bridgehead atoms. The number of benzene rings is 4. The van der Waals surface area contributed by atoms with E-state index in [9.17, 15) is 5.11 Å². The molecular weight excluding hydrogens is 594 g/mol. The Labute approximate surface area is 277 Å². The molecule has 0 spiro atoms. The Hall–Kier alpha value is -3.44. The van der Waals surface area contributed by atoms with Gasteiger partial charge in [0.15, 0.2) is 12.6 Å². The highest BCUT2D eigenvalue weighted by Gasteiger charge is 2.60. The van der Waals surface area contributed by atoms with Gasteiger partial charge in [-0.2, -0.15) is 0 Å². The van der Waals surface area contributed by atoms with Gasteiger partial charge in [-0.05, 0) is 42.5 Å². The molecule has 2 heterocycles. The zero-order valence-electron chi connectivity index (χ0n) is 27.3. The van der Waals surface area contributed by atoms with Gasteiger partial charge in [-0.3, -0.25) is 4.90 Å². The number of hydrogen-bond acceptors (Lipinski definition) is 8. The largest absolute Gasteiger partial charge is 0.396 e. The van der Waals surface area contributed by atoms with Crippen molar-refractivity contribution in [2.75, 3.05) is 27.3 Å². The summed E-state index contributed by atoms with van der Waals surface area (Å²) < 4.78 is 38.5. The number of nitrogens with zero attached hydrogens (tertiary/aromatic N) is 1. The molecular formula is C39H45NO7. The SMILES string of the molecule is COCO[C@H](CCO)[C@H]1[C@@H]2OC(C)(C)O[C@H]2[C@@H](OCOC(c2ccccc2)(c2ccccc2)c2ccccc2)N1Cc1ccccc1. The minimum Gasteiger partial charge on any atom is -0.396 e. The summed E-state index contributed by atoms with van der Waals surface area (Å²) in [5.41, 5.74) is 3.12. The summed E-state index contributed by atoms with van der Waals surface area (Å²) >= 11 is 0. The number of hydrogen-bond donors (Lipinski definition) is 1. The summed E-state index contributed by atoms with van der Waals surface area (Å²) in [5, 5.41) is 10.1. The molecule has 4 aromatic rings. The highest BCUT2D eigenvalue weighted by atomic mass is 16.8. The van der Waals surface area contributed by atoms with Crippen LogP contribution in [0.5, 0.6) is 0 Å². The van der Waals surface area contributed by atoms with Gasteiger partial charge in [0.1, 0.15) is 30.8 Å². The lowest BCUT2D eigenvalue weighted by molar-refractivity contribution is -0.233. The number of aliphatic hydroxyl groups excluding tert-OH is 1. The fourth-order valence-corrected chi connectivity index (χ4v) is 7.05. The third kappa shape index (κ3) is 7.21. The highest BCUT2D eigenvalue weighted by Crippen LogP contribution is 2.45. The molecule has 2 aliphatic heterocycles. The van der Waals surface area contributed by atoms with Crippen molar-refractivity contribution < 1.29 is 33.5 Å². The molecule has 0 amide bonds. The maximum absolute atomic E-state index is 10.1. The molecule has 8 nitrogen and oxygen atoms in total. The molecule has 0 unspecified atom stereocenters. The van der Waals surface area contributed by atoms with Crippen LogP contribution in [0.15, 0.2) is 121 Å². The molecule has 2 aliphatic rings. The first-order chi connectivity index (χ1) is 23.0. The summed E-state index contributed by atoms with van der Waals surface area (Å²) in [6.45, 7) is 4.38. The molecule has 47 heavy (non-hydrogen) atoms. The Morgan fingerprint density at radius 3 is 1.77 bits per heavy atom. The van der Waals surface area contributed by atoms with E-state index in [4.69, 9.17) is 28.4 Å². The van der Waals surface area contributed by atoms with Crippen LogP contribution in [0.2, 0.25) is 0 Å². The van der Waals surface area contributed by atoms with Crippen molar-refractivity contribution in [1.29, 1.82) is 0 Å². The molecule has 248 valence electrons. The molecule has 1 N–H and O–H groups in total. The number of ether oxygens (including phenoxy) is 6. The van der Waals surface area contributed by atoms with E-state index in [-0.39, 0.29) is 32.3 Å². The van der Waals surface area contributed by atoms with E-state index in [1.54, 1.807) is 7.11 Å². The summed E-state index contributed by atoms with van der Waals surface area (Å²) in [4.78, 5) is 2.23. The normalized spacial score (nSPS) is 23.1. The molecule has 0 aromatic heterocycles. The van der Waals surface area contributed by atoms with E-state index >= 15 is 0 Å². The second-order valence-electron chi connectivity index (χ2n) is 12.4. The van der Waals surface area contributed by atoms with Crippen molar-refractivity contribution in [3.63, 3.8) is 0 Å². The summed E-state index contributed by atoms with van der Waals surface area (Å²) in [5.74, 6) is -0.832. The van der Waals surface area contributed by atoms with Crippen LogP contribution >= 0.6 is 0 Å². The second-order valence-corrected chi connectivity index (χ2v) is 12.4. The van der Waals surface area contributed by atoms with Gasteiger partial charge in [0.2, 0.25) is 0 Å². The zero-order chi connectivity index (χ0) is 32.7. The van der Waals surface area contributed by atoms with Gasteiger partial charge in [-0.15, -0.1) is 0 Å². The van der Waals surface area contributed by atoms with Crippen LogP contribution in [0.25, 0.3) is 0 Å². The van der Waals surface area contributed by atoms with E-state index in [2.05, 4.69) is 53.4 Å². The van der Waals surface area contributed by atoms with Gasteiger partial charge < -0.3 is 33.5 Å². The van der Waals surface area contributed by atoms with Crippen LogP contribution in [0, 0.1) is 0 Å². The van der Waals surface area contributed by atoms with Crippen molar-refractivity contribution in [2.24, 2.45) is 0 Å². The smallest absolute Gasteiger partial charge is 0.164 e. The van der Waals surface area contributed by atoms with Crippen molar-refractivity contribution in [2.45, 2.75) is 68.8 Å². The van der Waals surface area contributed by atoms with E-state index in [0.717, 1.165) is 22.3 Å². The monoisotopic (exact) mass is 639 g/mol. The van der Waals surface area contributed by atoms with Crippen LogP contribution in [0.4, 0.5) is 0 Å². The topological polar surface area (TPSA) is 78.9 Å². The van der Waals surface area contributed by atoms with Crippen LogP contribution in [0.1, 0.15) is 42.5 Å². The molecule has 0 saturated carbocycles. The molecule has 2 fully saturated rings. The maximum Gasteiger partial charge on any atom is 0.164 e. The van der Waals surface area contributed by atoms with Crippen molar-refractivity contribution >= 4 is 0 Å². The van der Waals surface area contributed by atoms with Crippen LogP contribution in [0.3, 0.4) is 0 Å². The summed E-state index contributed by atoms with van der Waals surface area (Å²) in [7, 11) is 1.59. The first-order valence-electron chi connectivity index (χ1n) is 16.3. The van der Waals surface area contributed by atoms with Gasteiger partial charge in [0.05, 0.1) is 12.1 Å². The summed E-state index contributed by atoms with van der Waals surface area (Å²) in [6, 6.07) is 40.7. The van der Waals surface area contributed by atoms with Gasteiger partial charge in [0, 0.05) is 20.3 Å². The number of likely N-dealkylation sites (tertiary alicyclic amines) is 1. The average Bonchev–Trinajstić information content (AvgIpc) is 3.56. The van der Waals surface area contributed by atoms with Crippen molar-refractivity contribution in [3.05, 3.63) is 144 Å². The van der Waals surface area contributed by atoms with Crippen LogP contribution < -0.4 is 0 Å². The van der Waals surface area contributed by atoms with Crippen molar-refractivity contribution in [1.82, 2.24) is 4.90 Å². The molecule has 6 rings (SSSR count). The average molecular weight is 640 g/mol. The second kappa shape index (κ2) is 15.2. The fraction of sp³-hybridized carbons (Fsp3) is 0.385. The lowest BCUT2D eigenvalue weighted by atomic mass is 9.80. The number of fused-ring (bicyclic) bond motifs is 1. The number of methoxy groups -OCH3 is 1. The predicted octanol–water partition coefficient (Wildman–Crippen LogP) is 6.07. The van der Waals surface area contributed by atoms with Gasteiger partial charge in [-0.1, -0.05) is 121 Å². The number of aliphatic hydroxyl groups is 1. The molecule has 5 atom stereocenters. The van der Waals surface area contributed by atoms with Gasteiger partial charge in [-0.25, -0.2) is 0 Å². The van der Waals surface area contributed by atoms with E-state index in [1.807, 2.05) is 86.6 Å². The molecule has 0 aliphatic carbocycles. The minimum atomic E-state index is -0.946. The molecule has 4 aromatic carbocycles. The standard InChI is InChI=1S/C39H45NO7/c1-38(2)46-35-34(33(24-25-41)43-27-42-3)40(26-29-16-8-4-9-17-29)37(36(35)47-38)44-28-45-39(30-18-10-5-11-19-30,31-20-12-6-13-21-31)32-22-14-7-15-23-32/h4-23,33-37,41H,24-28H2,1-3H3/t33-,34+,35+,36-,37-/m1/s1. The first-order valence-corrected chi connectivity index (χ1v) is 16.3. The van der Waals surface area contributed by atoms with Crippen LogP contribution in [-0.4, -0.2) is 73.7 Å². The Bertz CT molecular complexity index is 1410.